The first-order valence-corrected chi connectivity index (χ1v) is 11.2. The summed E-state index contributed by atoms with van der Waals surface area (Å²) in [4.78, 5) is 4.90. The summed E-state index contributed by atoms with van der Waals surface area (Å²) in [6, 6.07) is 29.5. The van der Waals surface area contributed by atoms with Gasteiger partial charge in [0.25, 0.3) is 0 Å². The molecule has 3 nitrogen and oxygen atoms in total. The Labute approximate surface area is 189 Å². The van der Waals surface area contributed by atoms with Crippen molar-refractivity contribution >= 4 is 5.69 Å². The van der Waals surface area contributed by atoms with Gasteiger partial charge in [-0.15, -0.1) is 0 Å². The smallest absolute Gasteiger partial charge is 0.0994 e. The Balaban J connectivity index is 1.56. The Bertz CT molecular complexity index is 1270. The largest absolute Gasteiger partial charge is 0.384 e. The third-order valence-corrected chi connectivity index (χ3v) is 6.28. The van der Waals surface area contributed by atoms with Crippen LogP contribution >= 0.6 is 0 Å². The Morgan fingerprint density at radius 2 is 1.62 bits per heavy atom. The molecule has 32 heavy (non-hydrogen) atoms. The zero-order valence-electron chi connectivity index (χ0n) is 18.0. The summed E-state index contributed by atoms with van der Waals surface area (Å²) in [5, 5.41) is 13.4. The lowest BCUT2D eigenvalue weighted by Gasteiger charge is -2.19. The molecule has 0 saturated heterocycles. The molecule has 3 heteroatoms. The molecule has 0 fully saturated rings. The van der Waals surface area contributed by atoms with Crippen molar-refractivity contribution in [1.29, 1.82) is 5.26 Å². The van der Waals surface area contributed by atoms with Crippen molar-refractivity contribution in [2.24, 2.45) is 0 Å². The molecule has 0 saturated carbocycles. The Kier molecular flexibility index (Phi) is 5.68. The van der Waals surface area contributed by atoms with Crippen LogP contribution in [-0.4, -0.2) is 11.5 Å². The molecule has 5 rings (SSSR count). The predicted molar refractivity (Wildman–Crippen MR) is 130 cm³/mol. The fourth-order valence-corrected chi connectivity index (χ4v) is 4.65. The van der Waals surface area contributed by atoms with Gasteiger partial charge in [0.2, 0.25) is 0 Å². The quantitative estimate of drug-likeness (QED) is 0.437. The van der Waals surface area contributed by atoms with Crippen LogP contribution in [0.3, 0.4) is 0 Å². The molecule has 4 aromatic rings. The van der Waals surface area contributed by atoms with Crippen molar-refractivity contribution in [3.8, 4) is 17.2 Å². The zero-order chi connectivity index (χ0) is 21.8. The minimum absolute atomic E-state index is 0.789. The van der Waals surface area contributed by atoms with E-state index in [1.54, 1.807) is 0 Å². The summed E-state index contributed by atoms with van der Waals surface area (Å²) in [5.41, 5.74) is 10.4. The lowest BCUT2D eigenvalue weighted by molar-refractivity contribution is 0.912. The summed E-state index contributed by atoms with van der Waals surface area (Å²) in [7, 11) is 0. The maximum Gasteiger partial charge on any atom is 0.0994 e. The van der Waals surface area contributed by atoms with E-state index in [-0.39, 0.29) is 0 Å². The van der Waals surface area contributed by atoms with Gasteiger partial charge in [-0.25, -0.2) is 0 Å². The molecule has 0 amide bonds. The van der Waals surface area contributed by atoms with Crippen molar-refractivity contribution < 1.29 is 0 Å². The molecule has 0 aliphatic heterocycles. The minimum Gasteiger partial charge on any atom is -0.384 e. The van der Waals surface area contributed by atoms with Crippen molar-refractivity contribution in [1.82, 2.24) is 4.98 Å². The van der Waals surface area contributed by atoms with Crippen molar-refractivity contribution in [2.75, 3.05) is 11.9 Å². The third-order valence-electron chi connectivity index (χ3n) is 6.28. The van der Waals surface area contributed by atoms with E-state index in [2.05, 4.69) is 72.0 Å². The van der Waals surface area contributed by atoms with Crippen LogP contribution in [-0.2, 0) is 25.7 Å². The van der Waals surface area contributed by atoms with Crippen LogP contribution in [0.1, 0.15) is 33.5 Å². The molecule has 1 aliphatic carbocycles. The van der Waals surface area contributed by atoms with Gasteiger partial charge in [-0.2, -0.15) is 5.26 Å². The number of benzene rings is 3. The van der Waals surface area contributed by atoms with Crippen LogP contribution in [0.4, 0.5) is 5.69 Å². The number of rotatable bonds is 5. The summed E-state index contributed by atoms with van der Waals surface area (Å²) in [6.45, 7) is 0.853. The number of hydrogen-bond donors (Lipinski definition) is 1. The Hall–Kier alpha value is -3.90. The van der Waals surface area contributed by atoms with E-state index in [0.29, 0.717) is 0 Å². The van der Waals surface area contributed by atoms with Crippen LogP contribution in [0.25, 0.3) is 11.1 Å². The highest BCUT2D eigenvalue weighted by atomic mass is 14.9. The molecule has 3 aromatic carbocycles. The Morgan fingerprint density at radius 1 is 0.844 bits per heavy atom. The number of anilines is 1. The van der Waals surface area contributed by atoms with E-state index in [1.807, 2.05) is 24.4 Å². The number of nitriles is 1. The van der Waals surface area contributed by atoms with Gasteiger partial charge in [-0.3, -0.25) is 4.98 Å². The lowest BCUT2D eigenvalue weighted by Crippen LogP contribution is -2.11. The maximum atomic E-state index is 9.60. The van der Waals surface area contributed by atoms with Gasteiger partial charge in [-0.05, 0) is 47.6 Å². The molecule has 1 N–H and O–H groups in total. The highest BCUT2D eigenvalue weighted by molar-refractivity contribution is 5.80. The van der Waals surface area contributed by atoms with Gasteiger partial charge in [0, 0.05) is 41.7 Å². The molecule has 0 radical (unpaired) electrons. The van der Waals surface area contributed by atoms with E-state index < -0.39 is 0 Å². The van der Waals surface area contributed by atoms with E-state index >= 15 is 0 Å². The topological polar surface area (TPSA) is 48.7 Å². The monoisotopic (exact) mass is 415 g/mol. The predicted octanol–water partition coefficient (Wildman–Crippen LogP) is 5.96. The number of pyridine rings is 1. The minimum atomic E-state index is 0.789. The number of aryl methyl sites for hydroxylation is 1. The molecule has 156 valence electrons. The van der Waals surface area contributed by atoms with Crippen molar-refractivity contribution in [2.45, 2.75) is 25.7 Å². The summed E-state index contributed by atoms with van der Waals surface area (Å²) in [6.07, 6.45) is 5.47. The number of nitrogens with one attached hydrogen (secondary N) is 1. The molecule has 0 bridgehead atoms. The number of fused-ring (bicyclic) bond motifs is 2. The second-order valence-electron chi connectivity index (χ2n) is 8.23. The molecule has 1 aliphatic rings. The first-order valence-electron chi connectivity index (χ1n) is 11.2. The number of hydrogen-bond acceptors (Lipinski definition) is 3. The second-order valence-corrected chi connectivity index (χ2v) is 8.23. The van der Waals surface area contributed by atoms with Gasteiger partial charge in [0.05, 0.1) is 11.6 Å². The standard InChI is InChI=1S/C29H25N3/c30-19-24-13-7-12-23-18-26-28(15-14-25(23)24)32-20-27(22-10-5-2-6-11-22)29(26)31-17-16-21-8-3-1-4-9-21/h1-13,20H,14-18H2,(H,31,32). The molecular weight excluding hydrogens is 390 g/mol. The second kappa shape index (κ2) is 9.08. The average molecular weight is 416 g/mol. The molecule has 1 aromatic heterocycles. The van der Waals surface area contributed by atoms with Gasteiger partial charge in [0.1, 0.15) is 0 Å². The maximum absolute atomic E-state index is 9.60. The first-order chi connectivity index (χ1) is 15.8. The summed E-state index contributed by atoms with van der Waals surface area (Å²) in [5.74, 6) is 0. The Morgan fingerprint density at radius 3 is 2.41 bits per heavy atom. The van der Waals surface area contributed by atoms with Crippen LogP contribution in [0, 0.1) is 11.3 Å². The first kappa shape index (κ1) is 20.0. The number of aromatic nitrogens is 1. The fraction of sp³-hybridized carbons (Fsp3) is 0.172. The molecule has 0 atom stereocenters. The van der Waals surface area contributed by atoms with Crippen molar-refractivity contribution in [3.05, 3.63) is 119 Å². The van der Waals surface area contributed by atoms with E-state index in [1.165, 1.54) is 33.5 Å². The third kappa shape index (κ3) is 4.00. The highest BCUT2D eigenvalue weighted by Crippen LogP contribution is 2.36. The van der Waals surface area contributed by atoms with Crippen LogP contribution in [0.2, 0.25) is 0 Å². The molecule has 1 heterocycles. The van der Waals surface area contributed by atoms with Gasteiger partial charge in [0.15, 0.2) is 0 Å². The van der Waals surface area contributed by atoms with Crippen LogP contribution < -0.4 is 5.32 Å². The van der Waals surface area contributed by atoms with Crippen LogP contribution in [0.15, 0.2) is 85.1 Å². The van der Waals surface area contributed by atoms with E-state index in [0.717, 1.165) is 49.0 Å². The SMILES string of the molecule is N#Cc1cccc2c1CCc1ncc(-c3ccccc3)c(NCCc3ccccc3)c1C2. The van der Waals surface area contributed by atoms with Gasteiger partial charge >= 0.3 is 0 Å². The fourth-order valence-electron chi connectivity index (χ4n) is 4.65. The van der Waals surface area contributed by atoms with E-state index in [9.17, 15) is 5.26 Å². The van der Waals surface area contributed by atoms with Gasteiger partial charge in [-0.1, -0.05) is 72.8 Å². The normalized spacial score (nSPS) is 12.2. The lowest BCUT2D eigenvalue weighted by atomic mass is 9.95. The van der Waals surface area contributed by atoms with Crippen molar-refractivity contribution in [3.63, 3.8) is 0 Å². The zero-order valence-corrected chi connectivity index (χ0v) is 18.0. The average Bonchev–Trinajstić information content (AvgIpc) is 3.05. The van der Waals surface area contributed by atoms with E-state index in [4.69, 9.17) is 4.98 Å². The molecular formula is C29H25N3. The molecule has 0 unspecified atom stereocenters. The summed E-state index contributed by atoms with van der Waals surface area (Å²) >= 11 is 0. The summed E-state index contributed by atoms with van der Waals surface area (Å²) < 4.78 is 0. The van der Waals surface area contributed by atoms with Crippen LogP contribution in [0.5, 0.6) is 0 Å². The molecule has 0 spiro atoms. The number of nitrogens with zero attached hydrogens (tertiary/aromatic N) is 2. The highest BCUT2D eigenvalue weighted by Gasteiger charge is 2.22. The van der Waals surface area contributed by atoms with Gasteiger partial charge < -0.3 is 5.32 Å².